The van der Waals surface area contributed by atoms with E-state index in [4.69, 9.17) is 0 Å². The molecule has 0 bridgehead atoms. The number of benzene rings is 2. The summed E-state index contributed by atoms with van der Waals surface area (Å²) in [6, 6.07) is 17.9. The number of rotatable bonds is 7. The Balaban J connectivity index is 1.38. The summed E-state index contributed by atoms with van der Waals surface area (Å²) in [6.45, 7) is 0.677. The molecule has 2 aromatic carbocycles. The number of fused-ring (bicyclic) bond motifs is 1. The fourth-order valence-corrected chi connectivity index (χ4v) is 4.90. The van der Waals surface area contributed by atoms with E-state index >= 15 is 0 Å². The lowest BCUT2D eigenvalue weighted by Gasteiger charge is -2.20. The van der Waals surface area contributed by atoms with Crippen LogP contribution in [-0.2, 0) is 16.0 Å². The van der Waals surface area contributed by atoms with Crippen molar-refractivity contribution in [2.45, 2.75) is 25.3 Å². The normalized spacial score (nSPS) is 14.4. The van der Waals surface area contributed by atoms with E-state index in [0.717, 1.165) is 28.6 Å². The predicted octanol–water partition coefficient (Wildman–Crippen LogP) is 4.34. The summed E-state index contributed by atoms with van der Waals surface area (Å²) in [5.74, 6) is -0.518. The number of nitrogens with one attached hydrogen (secondary N) is 3. The van der Waals surface area contributed by atoms with Crippen molar-refractivity contribution < 1.29 is 14.4 Å². The van der Waals surface area contributed by atoms with Gasteiger partial charge in [-0.2, -0.15) is 0 Å². The number of hydrogen-bond acceptors (Lipinski definition) is 4. The van der Waals surface area contributed by atoms with Gasteiger partial charge in [-0.15, -0.1) is 11.3 Å². The maximum absolute atomic E-state index is 13.4. The Bertz CT molecular complexity index is 1350. The number of para-hydroxylation sites is 1. The highest BCUT2D eigenvalue weighted by molar-refractivity contribution is 7.12. The largest absolute Gasteiger partial charge is 0.361 e. The molecular formula is C26H24N4O3S. The van der Waals surface area contributed by atoms with Crippen molar-refractivity contribution in [3.8, 4) is 0 Å². The summed E-state index contributed by atoms with van der Waals surface area (Å²) in [4.78, 5) is 43.8. The molecule has 1 aliphatic heterocycles. The van der Waals surface area contributed by atoms with E-state index in [9.17, 15) is 14.4 Å². The fraction of sp³-hybridized carbons (Fsp3) is 0.192. The monoisotopic (exact) mass is 472 g/mol. The Hall–Kier alpha value is -3.91. The standard InChI is InChI=1S/C26H24N4O3S/c31-24-11-4-12-30(24)19-7-3-6-18(15-19)28-25(32)22(29-26(33)23-10-5-13-34-23)14-17-16-27-21-9-2-1-8-20(17)21/h1-3,5-10,13,15-16,22,27H,4,11-12,14H2,(H,28,32)(H,29,33). The van der Waals surface area contributed by atoms with Gasteiger partial charge >= 0.3 is 0 Å². The molecule has 34 heavy (non-hydrogen) atoms. The van der Waals surface area contributed by atoms with Crippen molar-refractivity contribution in [1.29, 1.82) is 0 Å². The molecule has 1 atom stereocenters. The quantitative estimate of drug-likeness (QED) is 0.374. The van der Waals surface area contributed by atoms with Crippen molar-refractivity contribution in [1.82, 2.24) is 10.3 Å². The van der Waals surface area contributed by atoms with E-state index in [1.165, 1.54) is 11.3 Å². The van der Waals surface area contributed by atoms with Crippen molar-refractivity contribution >= 4 is 51.3 Å². The Morgan fingerprint density at radius 3 is 2.76 bits per heavy atom. The molecule has 0 aliphatic carbocycles. The highest BCUT2D eigenvalue weighted by atomic mass is 32.1. The van der Waals surface area contributed by atoms with E-state index in [1.54, 1.807) is 29.2 Å². The van der Waals surface area contributed by atoms with Crippen molar-refractivity contribution in [2.24, 2.45) is 0 Å². The first-order valence-corrected chi connectivity index (χ1v) is 12.1. The molecule has 3 N–H and O–H groups in total. The van der Waals surface area contributed by atoms with E-state index in [2.05, 4.69) is 15.6 Å². The van der Waals surface area contributed by atoms with E-state index < -0.39 is 6.04 Å². The van der Waals surface area contributed by atoms with Gasteiger partial charge in [0, 0.05) is 47.9 Å². The number of nitrogens with zero attached hydrogens (tertiary/aromatic N) is 1. The molecule has 172 valence electrons. The maximum Gasteiger partial charge on any atom is 0.262 e. The number of H-pyrrole nitrogens is 1. The fourth-order valence-electron chi connectivity index (χ4n) is 4.27. The van der Waals surface area contributed by atoms with Crippen LogP contribution in [0.25, 0.3) is 10.9 Å². The number of anilines is 2. The van der Waals surface area contributed by atoms with Crippen LogP contribution in [-0.4, -0.2) is 35.3 Å². The molecule has 1 fully saturated rings. The smallest absolute Gasteiger partial charge is 0.262 e. The third-order valence-electron chi connectivity index (χ3n) is 5.96. The van der Waals surface area contributed by atoms with Gasteiger partial charge in [0.15, 0.2) is 0 Å². The summed E-state index contributed by atoms with van der Waals surface area (Å²) in [6.07, 6.45) is 3.58. The van der Waals surface area contributed by atoms with Crippen LogP contribution >= 0.6 is 11.3 Å². The zero-order chi connectivity index (χ0) is 23.5. The first-order chi connectivity index (χ1) is 16.6. The SMILES string of the molecule is O=C(NC(Cc1c[nH]c2ccccc12)C(=O)Nc1cccc(N2CCCC2=O)c1)c1cccs1. The first kappa shape index (κ1) is 21.9. The molecule has 1 saturated heterocycles. The summed E-state index contributed by atoms with van der Waals surface area (Å²) in [5.41, 5.74) is 3.26. The highest BCUT2D eigenvalue weighted by Crippen LogP contribution is 2.25. The Morgan fingerprint density at radius 1 is 1.09 bits per heavy atom. The molecule has 3 heterocycles. The van der Waals surface area contributed by atoms with Crippen LogP contribution in [0.3, 0.4) is 0 Å². The van der Waals surface area contributed by atoms with Gasteiger partial charge in [-0.1, -0.05) is 30.3 Å². The van der Waals surface area contributed by atoms with Crippen LogP contribution in [0.15, 0.2) is 72.2 Å². The van der Waals surface area contributed by atoms with E-state index in [-0.39, 0.29) is 17.7 Å². The molecule has 3 amide bonds. The number of hydrogen-bond donors (Lipinski definition) is 3. The second-order valence-electron chi connectivity index (χ2n) is 8.26. The van der Waals surface area contributed by atoms with Crippen LogP contribution in [0.5, 0.6) is 0 Å². The molecule has 1 aliphatic rings. The second-order valence-corrected chi connectivity index (χ2v) is 9.20. The molecule has 0 radical (unpaired) electrons. The van der Waals surface area contributed by atoms with Crippen molar-refractivity contribution in [3.05, 3.63) is 82.7 Å². The lowest BCUT2D eigenvalue weighted by atomic mass is 10.0. The molecule has 4 aromatic rings. The molecule has 2 aromatic heterocycles. The van der Waals surface area contributed by atoms with E-state index in [0.29, 0.717) is 30.0 Å². The minimum Gasteiger partial charge on any atom is -0.361 e. The number of amides is 3. The zero-order valence-corrected chi connectivity index (χ0v) is 19.2. The molecule has 1 unspecified atom stereocenters. The Kier molecular flexibility index (Phi) is 6.14. The van der Waals surface area contributed by atoms with Gasteiger partial charge in [0.1, 0.15) is 6.04 Å². The number of aromatic nitrogens is 1. The summed E-state index contributed by atoms with van der Waals surface area (Å²) >= 11 is 1.33. The molecule has 7 nitrogen and oxygen atoms in total. The lowest BCUT2D eigenvalue weighted by molar-refractivity contribution is -0.118. The van der Waals surface area contributed by atoms with Crippen LogP contribution in [0.1, 0.15) is 28.1 Å². The maximum atomic E-state index is 13.4. The van der Waals surface area contributed by atoms with Gasteiger partial charge in [0.2, 0.25) is 11.8 Å². The molecule has 8 heteroatoms. The van der Waals surface area contributed by atoms with Gasteiger partial charge < -0.3 is 20.5 Å². The average Bonchev–Trinajstić information content (AvgIpc) is 3.60. The van der Waals surface area contributed by atoms with Gasteiger partial charge in [-0.05, 0) is 47.7 Å². The van der Waals surface area contributed by atoms with Crippen molar-refractivity contribution in [3.63, 3.8) is 0 Å². The van der Waals surface area contributed by atoms with Crippen LogP contribution in [0, 0.1) is 0 Å². The average molecular weight is 473 g/mol. The Morgan fingerprint density at radius 2 is 1.97 bits per heavy atom. The zero-order valence-electron chi connectivity index (χ0n) is 18.4. The van der Waals surface area contributed by atoms with Gasteiger partial charge in [-0.25, -0.2) is 0 Å². The summed E-state index contributed by atoms with van der Waals surface area (Å²) in [5, 5.41) is 8.68. The minimum atomic E-state index is -0.786. The van der Waals surface area contributed by atoms with Crippen molar-refractivity contribution in [2.75, 3.05) is 16.8 Å². The molecule has 5 rings (SSSR count). The lowest BCUT2D eigenvalue weighted by Crippen LogP contribution is -2.45. The van der Waals surface area contributed by atoms with Crippen LogP contribution in [0.4, 0.5) is 11.4 Å². The van der Waals surface area contributed by atoms with Crippen LogP contribution < -0.4 is 15.5 Å². The number of aromatic amines is 1. The third-order valence-corrected chi connectivity index (χ3v) is 6.83. The summed E-state index contributed by atoms with van der Waals surface area (Å²) in [7, 11) is 0. The minimum absolute atomic E-state index is 0.0869. The molecule has 0 saturated carbocycles. The van der Waals surface area contributed by atoms with Gasteiger partial charge in [-0.3, -0.25) is 14.4 Å². The topological polar surface area (TPSA) is 94.3 Å². The predicted molar refractivity (Wildman–Crippen MR) is 134 cm³/mol. The number of thiophene rings is 1. The summed E-state index contributed by atoms with van der Waals surface area (Å²) < 4.78 is 0. The van der Waals surface area contributed by atoms with E-state index in [1.807, 2.05) is 48.0 Å². The molecular weight excluding hydrogens is 448 g/mol. The second kappa shape index (κ2) is 9.52. The Labute approximate surface area is 200 Å². The highest BCUT2D eigenvalue weighted by Gasteiger charge is 2.25. The third kappa shape index (κ3) is 4.58. The first-order valence-electron chi connectivity index (χ1n) is 11.2. The van der Waals surface area contributed by atoms with Gasteiger partial charge in [0.25, 0.3) is 5.91 Å². The number of carbonyl (C=O) groups excluding carboxylic acids is 3. The molecule has 0 spiro atoms. The number of carbonyl (C=O) groups is 3. The van der Waals surface area contributed by atoms with Crippen LogP contribution in [0.2, 0.25) is 0 Å². The van der Waals surface area contributed by atoms with Gasteiger partial charge in [0.05, 0.1) is 4.88 Å².